The molecule has 1 unspecified atom stereocenters. The standard InChI is InChI=1S/C16H23N5O2/c1-9(2)11-5-13(21-8-14(22)19(4)16(21)23)15-18-12(10(3)17)7-20(15)6-11/h5,7,9-11H,6,8,17H2,1-4H3/t10-,11?/m1/s1. The molecule has 2 aliphatic heterocycles. The smallest absolute Gasteiger partial charge is 0.329 e. The molecular formula is C16H23N5O2. The lowest BCUT2D eigenvalue weighted by Gasteiger charge is -2.29. The number of aromatic nitrogens is 2. The van der Waals surface area contributed by atoms with Crippen LogP contribution in [0.4, 0.5) is 4.79 Å². The van der Waals surface area contributed by atoms with Gasteiger partial charge in [-0.1, -0.05) is 19.9 Å². The molecule has 3 heterocycles. The van der Waals surface area contributed by atoms with Gasteiger partial charge in [-0.3, -0.25) is 14.6 Å². The third-order valence-electron chi connectivity index (χ3n) is 4.60. The van der Waals surface area contributed by atoms with Crippen LogP contribution in [0.5, 0.6) is 0 Å². The summed E-state index contributed by atoms with van der Waals surface area (Å²) in [6.45, 7) is 7.05. The molecule has 2 atom stereocenters. The fourth-order valence-corrected chi connectivity index (χ4v) is 2.96. The van der Waals surface area contributed by atoms with Gasteiger partial charge in [0.05, 0.1) is 11.4 Å². The van der Waals surface area contributed by atoms with Gasteiger partial charge in [-0.2, -0.15) is 0 Å². The number of rotatable bonds is 3. The Kier molecular flexibility index (Phi) is 3.75. The number of hydrogen-bond donors (Lipinski definition) is 1. The summed E-state index contributed by atoms with van der Waals surface area (Å²) < 4.78 is 2.05. The summed E-state index contributed by atoms with van der Waals surface area (Å²) >= 11 is 0. The maximum Gasteiger partial charge on any atom is 0.331 e. The van der Waals surface area contributed by atoms with Gasteiger partial charge >= 0.3 is 6.03 Å². The van der Waals surface area contributed by atoms with Gasteiger partial charge < -0.3 is 10.3 Å². The summed E-state index contributed by atoms with van der Waals surface area (Å²) in [5, 5.41) is 0. The van der Waals surface area contributed by atoms with E-state index in [2.05, 4.69) is 29.5 Å². The molecule has 3 amide bonds. The predicted molar refractivity (Wildman–Crippen MR) is 86.0 cm³/mol. The molecule has 7 heteroatoms. The SMILES string of the molecule is CC(C)C1C=C(N2CC(=O)N(C)C2=O)c2nc([C@@H](C)N)cn2C1. The summed E-state index contributed by atoms with van der Waals surface area (Å²) in [5.74, 6) is 1.21. The van der Waals surface area contributed by atoms with Gasteiger partial charge in [-0.15, -0.1) is 0 Å². The highest BCUT2D eigenvalue weighted by atomic mass is 16.2. The van der Waals surface area contributed by atoms with Crippen LogP contribution in [-0.4, -0.2) is 44.9 Å². The van der Waals surface area contributed by atoms with Crippen molar-refractivity contribution in [3.63, 3.8) is 0 Å². The van der Waals surface area contributed by atoms with Crippen molar-refractivity contribution in [1.29, 1.82) is 0 Å². The van der Waals surface area contributed by atoms with E-state index in [0.717, 1.165) is 17.1 Å². The van der Waals surface area contributed by atoms with Crippen LogP contribution < -0.4 is 5.73 Å². The molecular weight excluding hydrogens is 294 g/mol. The molecule has 0 bridgehead atoms. The fourth-order valence-electron chi connectivity index (χ4n) is 2.96. The van der Waals surface area contributed by atoms with Crippen LogP contribution in [0.25, 0.3) is 5.70 Å². The third kappa shape index (κ3) is 2.55. The van der Waals surface area contributed by atoms with Crippen LogP contribution in [-0.2, 0) is 11.3 Å². The minimum atomic E-state index is -0.303. The maximum atomic E-state index is 12.4. The van der Waals surface area contributed by atoms with Gasteiger partial charge in [0.1, 0.15) is 6.54 Å². The van der Waals surface area contributed by atoms with Crippen LogP contribution >= 0.6 is 0 Å². The second kappa shape index (κ2) is 5.49. The number of hydrogen-bond acceptors (Lipinski definition) is 4. The highest BCUT2D eigenvalue weighted by molar-refractivity contribution is 6.05. The Balaban J connectivity index is 2.06. The molecule has 1 saturated heterocycles. The van der Waals surface area contributed by atoms with E-state index in [-0.39, 0.29) is 30.4 Å². The Morgan fingerprint density at radius 1 is 1.30 bits per heavy atom. The van der Waals surface area contributed by atoms with E-state index >= 15 is 0 Å². The van der Waals surface area contributed by atoms with Crippen LogP contribution in [0.2, 0.25) is 0 Å². The molecule has 1 aromatic heterocycles. The maximum absolute atomic E-state index is 12.4. The predicted octanol–water partition coefficient (Wildman–Crippen LogP) is 1.42. The molecule has 2 N–H and O–H groups in total. The average Bonchev–Trinajstić information content (AvgIpc) is 3.03. The van der Waals surface area contributed by atoms with E-state index in [0.29, 0.717) is 17.4 Å². The molecule has 2 aliphatic rings. The number of amides is 3. The largest absolute Gasteiger partial charge is 0.331 e. The molecule has 0 aromatic carbocycles. The highest BCUT2D eigenvalue weighted by Gasteiger charge is 2.39. The Bertz CT molecular complexity index is 689. The molecule has 0 spiro atoms. The summed E-state index contributed by atoms with van der Waals surface area (Å²) in [4.78, 5) is 31.5. The first-order valence-corrected chi connectivity index (χ1v) is 7.92. The molecule has 1 fully saturated rings. The Morgan fingerprint density at radius 3 is 2.52 bits per heavy atom. The second-order valence-corrected chi connectivity index (χ2v) is 6.71. The van der Waals surface area contributed by atoms with Gasteiger partial charge in [-0.05, 0) is 18.8 Å². The van der Waals surface area contributed by atoms with E-state index in [1.165, 1.54) is 11.9 Å². The summed E-state index contributed by atoms with van der Waals surface area (Å²) in [6, 6.07) is -0.479. The summed E-state index contributed by atoms with van der Waals surface area (Å²) in [5.41, 5.74) is 7.46. The van der Waals surface area contributed by atoms with Gasteiger partial charge in [0.15, 0.2) is 5.82 Å². The van der Waals surface area contributed by atoms with Crippen LogP contribution in [0.3, 0.4) is 0 Å². The van der Waals surface area contributed by atoms with Crippen LogP contribution in [0.15, 0.2) is 12.3 Å². The fraction of sp³-hybridized carbons (Fsp3) is 0.562. The summed E-state index contributed by atoms with van der Waals surface area (Å²) in [6.07, 6.45) is 4.02. The molecule has 124 valence electrons. The zero-order valence-electron chi connectivity index (χ0n) is 14.0. The van der Waals surface area contributed by atoms with E-state index in [1.54, 1.807) is 0 Å². The number of nitrogens with two attached hydrogens (primary N) is 1. The Labute approximate surface area is 135 Å². The van der Waals surface area contributed by atoms with Crippen molar-refractivity contribution in [2.24, 2.45) is 17.6 Å². The van der Waals surface area contributed by atoms with Crippen LogP contribution in [0, 0.1) is 11.8 Å². The zero-order chi connectivity index (χ0) is 16.9. The quantitative estimate of drug-likeness (QED) is 0.855. The van der Waals surface area contributed by atoms with E-state index in [9.17, 15) is 9.59 Å². The first-order valence-electron chi connectivity index (χ1n) is 7.92. The number of likely N-dealkylation sites (N-methyl/N-ethyl adjacent to an activating group) is 1. The topological polar surface area (TPSA) is 84.5 Å². The van der Waals surface area contributed by atoms with Gasteiger partial charge in [0.25, 0.3) is 0 Å². The first-order chi connectivity index (χ1) is 10.8. The average molecular weight is 317 g/mol. The van der Waals surface area contributed by atoms with Gasteiger partial charge in [0, 0.05) is 25.8 Å². The van der Waals surface area contributed by atoms with Crippen molar-refractivity contribution in [1.82, 2.24) is 19.4 Å². The first kappa shape index (κ1) is 15.7. The molecule has 0 saturated carbocycles. The number of carbonyl (C=O) groups is 2. The number of urea groups is 1. The van der Waals surface area contributed by atoms with Crippen LogP contribution in [0.1, 0.15) is 38.3 Å². The van der Waals surface area contributed by atoms with Crippen molar-refractivity contribution >= 4 is 17.6 Å². The second-order valence-electron chi connectivity index (χ2n) is 6.71. The van der Waals surface area contributed by atoms with Crippen molar-refractivity contribution in [2.45, 2.75) is 33.4 Å². The molecule has 0 aliphatic carbocycles. The number of carbonyl (C=O) groups excluding carboxylic acids is 2. The number of fused-ring (bicyclic) bond motifs is 1. The molecule has 7 nitrogen and oxygen atoms in total. The summed E-state index contributed by atoms with van der Waals surface area (Å²) in [7, 11) is 1.51. The van der Waals surface area contributed by atoms with Crippen molar-refractivity contribution in [3.05, 3.63) is 23.8 Å². The number of nitrogens with zero attached hydrogens (tertiary/aromatic N) is 4. The monoisotopic (exact) mass is 317 g/mol. The van der Waals surface area contributed by atoms with Crippen molar-refractivity contribution in [2.75, 3.05) is 13.6 Å². The third-order valence-corrected chi connectivity index (χ3v) is 4.60. The van der Waals surface area contributed by atoms with E-state index in [4.69, 9.17) is 5.73 Å². The normalized spacial score (nSPS) is 22.7. The van der Waals surface area contributed by atoms with Crippen molar-refractivity contribution in [3.8, 4) is 0 Å². The van der Waals surface area contributed by atoms with Crippen molar-refractivity contribution < 1.29 is 9.59 Å². The van der Waals surface area contributed by atoms with E-state index in [1.807, 2.05) is 13.1 Å². The van der Waals surface area contributed by atoms with Gasteiger partial charge in [0.2, 0.25) is 5.91 Å². The number of imide groups is 1. The minimum absolute atomic E-state index is 0.0619. The van der Waals surface area contributed by atoms with E-state index < -0.39 is 0 Å². The number of imidazole rings is 1. The Morgan fingerprint density at radius 2 is 2.00 bits per heavy atom. The zero-order valence-corrected chi connectivity index (χ0v) is 14.0. The highest BCUT2D eigenvalue weighted by Crippen LogP contribution is 2.33. The van der Waals surface area contributed by atoms with Gasteiger partial charge in [-0.25, -0.2) is 9.78 Å². The molecule has 1 aromatic rings. The Hall–Kier alpha value is -2.15. The lowest BCUT2D eigenvalue weighted by Crippen LogP contribution is -2.32. The number of allylic oxidation sites excluding steroid dienone is 1. The lowest BCUT2D eigenvalue weighted by atomic mass is 9.92. The molecule has 0 radical (unpaired) electrons. The molecule has 23 heavy (non-hydrogen) atoms. The minimum Gasteiger partial charge on any atom is -0.329 e. The lowest BCUT2D eigenvalue weighted by molar-refractivity contribution is -0.124. The molecule has 3 rings (SSSR count).